The zero-order valence-corrected chi connectivity index (χ0v) is 13.1. The van der Waals surface area contributed by atoms with Gasteiger partial charge >= 0.3 is 6.18 Å². The first-order valence-corrected chi connectivity index (χ1v) is 7.56. The van der Waals surface area contributed by atoms with Crippen molar-refractivity contribution in [2.24, 2.45) is 0 Å². The van der Waals surface area contributed by atoms with E-state index >= 15 is 0 Å². The predicted octanol–water partition coefficient (Wildman–Crippen LogP) is 5.23. The van der Waals surface area contributed by atoms with Gasteiger partial charge in [-0.1, -0.05) is 11.6 Å². The summed E-state index contributed by atoms with van der Waals surface area (Å²) in [6.45, 7) is 0.484. The SMILES string of the molecule is FC(F)(F)c1cc(Cl)nc(NCCc2ccc(Br)s2)c1. The minimum absolute atomic E-state index is 0.125. The number of rotatable bonds is 4. The molecule has 0 amide bonds. The highest BCUT2D eigenvalue weighted by molar-refractivity contribution is 9.11. The number of thiophene rings is 1. The molecule has 0 fully saturated rings. The lowest BCUT2D eigenvalue weighted by atomic mass is 10.2. The standard InChI is InChI=1S/C12H9BrClF3N2S/c13-9-2-1-8(20-9)3-4-18-11-6-7(12(15,16)17)5-10(14)19-11/h1-2,5-6H,3-4H2,(H,18,19). The third kappa shape index (κ3) is 4.36. The second-order valence-corrected chi connectivity index (χ2v) is 6.88. The van der Waals surface area contributed by atoms with Crippen molar-refractivity contribution in [1.82, 2.24) is 4.98 Å². The number of hydrogen-bond acceptors (Lipinski definition) is 3. The first-order chi connectivity index (χ1) is 9.34. The molecule has 108 valence electrons. The molecule has 2 aromatic rings. The van der Waals surface area contributed by atoms with Crippen molar-refractivity contribution in [3.63, 3.8) is 0 Å². The lowest BCUT2D eigenvalue weighted by Crippen LogP contribution is -2.10. The van der Waals surface area contributed by atoms with Crippen molar-refractivity contribution in [3.8, 4) is 0 Å². The third-order valence-electron chi connectivity index (χ3n) is 2.43. The van der Waals surface area contributed by atoms with Crippen LogP contribution >= 0.6 is 38.9 Å². The van der Waals surface area contributed by atoms with Crippen LogP contribution in [0.1, 0.15) is 10.4 Å². The monoisotopic (exact) mass is 384 g/mol. The Morgan fingerprint density at radius 3 is 2.65 bits per heavy atom. The van der Waals surface area contributed by atoms with E-state index in [0.717, 1.165) is 20.8 Å². The van der Waals surface area contributed by atoms with Gasteiger partial charge in [-0.05, 0) is 46.6 Å². The van der Waals surface area contributed by atoms with Gasteiger partial charge in [-0.2, -0.15) is 13.2 Å². The maximum absolute atomic E-state index is 12.6. The van der Waals surface area contributed by atoms with Crippen molar-refractivity contribution in [1.29, 1.82) is 0 Å². The van der Waals surface area contributed by atoms with E-state index in [0.29, 0.717) is 13.0 Å². The Hall–Kier alpha value is -0.790. The molecule has 0 unspecified atom stereocenters. The molecule has 20 heavy (non-hydrogen) atoms. The number of nitrogens with zero attached hydrogens (tertiary/aromatic N) is 1. The quantitative estimate of drug-likeness (QED) is 0.729. The first kappa shape index (κ1) is 15.6. The Kier molecular flexibility index (Phi) is 4.93. The lowest BCUT2D eigenvalue weighted by Gasteiger charge is -2.10. The molecule has 2 rings (SSSR count). The van der Waals surface area contributed by atoms with Crippen molar-refractivity contribution >= 4 is 44.7 Å². The van der Waals surface area contributed by atoms with E-state index in [2.05, 4.69) is 26.2 Å². The van der Waals surface area contributed by atoms with Crippen LogP contribution in [-0.4, -0.2) is 11.5 Å². The Morgan fingerprint density at radius 1 is 1.30 bits per heavy atom. The van der Waals surface area contributed by atoms with Crippen molar-refractivity contribution < 1.29 is 13.2 Å². The molecule has 0 aliphatic carbocycles. The van der Waals surface area contributed by atoms with E-state index in [-0.39, 0.29) is 11.0 Å². The number of halogens is 5. The fourth-order valence-corrected chi connectivity index (χ4v) is 3.24. The first-order valence-electron chi connectivity index (χ1n) is 5.57. The van der Waals surface area contributed by atoms with Crippen LogP contribution in [0.15, 0.2) is 28.1 Å². The summed E-state index contributed by atoms with van der Waals surface area (Å²) in [5.41, 5.74) is -0.807. The fraction of sp³-hybridized carbons (Fsp3) is 0.250. The Morgan fingerprint density at radius 2 is 2.05 bits per heavy atom. The number of pyridine rings is 1. The van der Waals surface area contributed by atoms with E-state index in [1.54, 1.807) is 11.3 Å². The van der Waals surface area contributed by atoms with Crippen LogP contribution in [0.2, 0.25) is 5.15 Å². The average Bonchev–Trinajstić information content (AvgIpc) is 2.73. The Bertz CT molecular complexity index is 601. The summed E-state index contributed by atoms with van der Waals surface area (Å²) in [5, 5.41) is 2.67. The fourth-order valence-electron chi connectivity index (χ4n) is 1.55. The van der Waals surface area contributed by atoms with E-state index < -0.39 is 11.7 Å². The topological polar surface area (TPSA) is 24.9 Å². The van der Waals surface area contributed by atoms with Crippen LogP contribution in [0.25, 0.3) is 0 Å². The van der Waals surface area contributed by atoms with Gasteiger partial charge in [0.2, 0.25) is 0 Å². The highest BCUT2D eigenvalue weighted by atomic mass is 79.9. The Labute approximate surface area is 131 Å². The summed E-state index contributed by atoms with van der Waals surface area (Å²) in [6.07, 6.45) is -3.73. The summed E-state index contributed by atoms with van der Waals surface area (Å²) in [6, 6.07) is 5.65. The van der Waals surface area contributed by atoms with Crippen LogP contribution in [0.4, 0.5) is 19.0 Å². The summed E-state index contributed by atoms with van der Waals surface area (Å²) in [7, 11) is 0. The number of alkyl halides is 3. The number of anilines is 1. The summed E-state index contributed by atoms with van der Waals surface area (Å²) >= 11 is 10.5. The predicted molar refractivity (Wildman–Crippen MR) is 78.5 cm³/mol. The number of hydrogen-bond donors (Lipinski definition) is 1. The van der Waals surface area contributed by atoms with Crippen molar-refractivity contribution in [2.45, 2.75) is 12.6 Å². The molecule has 0 saturated heterocycles. The number of aromatic nitrogens is 1. The molecule has 0 aromatic carbocycles. The Balaban J connectivity index is 2.00. The largest absolute Gasteiger partial charge is 0.416 e. The summed E-state index contributed by atoms with van der Waals surface area (Å²) in [5.74, 6) is 0.125. The molecule has 0 saturated carbocycles. The average molecular weight is 386 g/mol. The van der Waals surface area contributed by atoms with Gasteiger partial charge in [0.15, 0.2) is 0 Å². The van der Waals surface area contributed by atoms with Crippen LogP contribution in [-0.2, 0) is 12.6 Å². The molecular weight excluding hydrogens is 377 g/mol. The molecule has 2 aromatic heterocycles. The van der Waals surface area contributed by atoms with Crippen LogP contribution in [0.3, 0.4) is 0 Å². The third-order valence-corrected chi connectivity index (χ3v) is 4.30. The van der Waals surface area contributed by atoms with Crippen molar-refractivity contribution in [2.75, 3.05) is 11.9 Å². The molecule has 0 radical (unpaired) electrons. The maximum atomic E-state index is 12.6. The summed E-state index contributed by atoms with van der Waals surface area (Å²) in [4.78, 5) is 4.96. The normalized spacial score (nSPS) is 11.7. The van der Waals surface area contributed by atoms with Crippen LogP contribution < -0.4 is 5.32 Å². The molecule has 8 heteroatoms. The highest BCUT2D eigenvalue weighted by Crippen LogP contribution is 2.32. The van der Waals surface area contributed by atoms with Crippen LogP contribution in [0.5, 0.6) is 0 Å². The van der Waals surface area contributed by atoms with Crippen molar-refractivity contribution in [3.05, 3.63) is 43.6 Å². The van der Waals surface area contributed by atoms with Gasteiger partial charge in [0, 0.05) is 11.4 Å². The molecule has 0 aliphatic heterocycles. The molecule has 2 heterocycles. The zero-order chi connectivity index (χ0) is 14.8. The van der Waals surface area contributed by atoms with Gasteiger partial charge < -0.3 is 5.32 Å². The number of nitrogens with one attached hydrogen (secondary N) is 1. The lowest BCUT2D eigenvalue weighted by molar-refractivity contribution is -0.137. The molecule has 0 spiro atoms. The van der Waals surface area contributed by atoms with Gasteiger partial charge in [-0.3, -0.25) is 0 Å². The minimum atomic E-state index is -4.43. The zero-order valence-electron chi connectivity index (χ0n) is 9.97. The molecule has 2 nitrogen and oxygen atoms in total. The molecule has 0 aliphatic rings. The summed E-state index contributed by atoms with van der Waals surface area (Å²) < 4.78 is 38.9. The second-order valence-electron chi connectivity index (χ2n) is 3.94. The molecule has 1 N–H and O–H groups in total. The van der Waals surface area contributed by atoms with Gasteiger partial charge in [0.25, 0.3) is 0 Å². The molecule has 0 atom stereocenters. The highest BCUT2D eigenvalue weighted by Gasteiger charge is 2.31. The second kappa shape index (κ2) is 6.32. The van der Waals surface area contributed by atoms with Crippen LogP contribution in [0, 0.1) is 0 Å². The maximum Gasteiger partial charge on any atom is 0.416 e. The van der Waals surface area contributed by atoms with Gasteiger partial charge in [0.05, 0.1) is 9.35 Å². The van der Waals surface area contributed by atoms with Gasteiger partial charge in [-0.25, -0.2) is 4.98 Å². The molecular formula is C12H9BrClF3N2S. The minimum Gasteiger partial charge on any atom is -0.370 e. The van der Waals surface area contributed by atoms with E-state index in [9.17, 15) is 13.2 Å². The van der Waals surface area contributed by atoms with E-state index in [1.807, 2.05) is 12.1 Å². The van der Waals surface area contributed by atoms with Gasteiger partial charge in [-0.15, -0.1) is 11.3 Å². The smallest absolute Gasteiger partial charge is 0.370 e. The van der Waals surface area contributed by atoms with E-state index in [1.165, 1.54) is 0 Å². The van der Waals surface area contributed by atoms with Gasteiger partial charge in [0.1, 0.15) is 11.0 Å². The molecule has 0 bridgehead atoms. The van der Waals surface area contributed by atoms with E-state index in [4.69, 9.17) is 11.6 Å².